The van der Waals surface area contributed by atoms with Crippen LogP contribution in [0.2, 0.25) is 5.02 Å². The molecule has 0 aliphatic heterocycles. The monoisotopic (exact) mass is 438 g/mol. The van der Waals surface area contributed by atoms with Crippen LogP contribution in [-0.4, -0.2) is 34.0 Å². The second-order valence-electron chi connectivity index (χ2n) is 7.04. The van der Waals surface area contributed by atoms with Crippen molar-refractivity contribution in [2.75, 3.05) is 13.7 Å². The summed E-state index contributed by atoms with van der Waals surface area (Å²) in [4.78, 5) is 12.7. The number of hydrogen-bond acceptors (Lipinski definition) is 4. The predicted molar refractivity (Wildman–Crippen MR) is 115 cm³/mol. The molecule has 1 amide bonds. The summed E-state index contributed by atoms with van der Waals surface area (Å²) in [6.07, 6.45) is 1.53. The molecule has 0 saturated heterocycles. The molecule has 0 aromatic heterocycles. The van der Waals surface area contributed by atoms with E-state index in [1.54, 1.807) is 26.0 Å². The number of carbonyl (C=O) groups excluding carboxylic acids is 1. The molecule has 0 aliphatic carbocycles. The Morgan fingerprint density at radius 2 is 1.69 bits per heavy atom. The molecule has 2 N–H and O–H groups in total. The van der Waals surface area contributed by atoms with Crippen LogP contribution >= 0.6 is 11.6 Å². The fraction of sp³-hybridized carbons (Fsp3) is 0.381. The maximum atomic E-state index is 12.7. The number of sulfonamides is 1. The molecule has 0 bridgehead atoms. The fourth-order valence-corrected chi connectivity index (χ4v) is 4.22. The summed E-state index contributed by atoms with van der Waals surface area (Å²) in [5.41, 5.74) is 1.13. The molecule has 0 aliphatic rings. The Labute approximate surface area is 177 Å². The third-order valence-electron chi connectivity index (χ3n) is 4.46. The van der Waals surface area contributed by atoms with E-state index in [0.717, 1.165) is 18.4 Å². The minimum absolute atomic E-state index is 0.0829. The van der Waals surface area contributed by atoms with Crippen molar-refractivity contribution in [3.8, 4) is 5.75 Å². The van der Waals surface area contributed by atoms with Gasteiger partial charge in [-0.1, -0.05) is 37.6 Å². The van der Waals surface area contributed by atoms with E-state index in [9.17, 15) is 13.2 Å². The van der Waals surface area contributed by atoms with Gasteiger partial charge in [-0.3, -0.25) is 4.79 Å². The first kappa shape index (κ1) is 23.2. The number of benzene rings is 2. The zero-order chi connectivity index (χ0) is 21.4. The van der Waals surface area contributed by atoms with Crippen LogP contribution in [0.4, 0.5) is 0 Å². The van der Waals surface area contributed by atoms with Crippen molar-refractivity contribution in [1.29, 1.82) is 0 Å². The molecular formula is C21H27ClN2O4S. The van der Waals surface area contributed by atoms with E-state index >= 15 is 0 Å². The molecule has 0 heterocycles. The van der Waals surface area contributed by atoms with E-state index in [4.69, 9.17) is 16.3 Å². The van der Waals surface area contributed by atoms with Gasteiger partial charge in [0.25, 0.3) is 0 Å². The van der Waals surface area contributed by atoms with Crippen LogP contribution in [0.3, 0.4) is 0 Å². The van der Waals surface area contributed by atoms with Gasteiger partial charge in [-0.25, -0.2) is 8.42 Å². The number of halogens is 1. The zero-order valence-corrected chi connectivity index (χ0v) is 18.4. The second-order valence-corrected chi connectivity index (χ2v) is 9.19. The van der Waals surface area contributed by atoms with Gasteiger partial charge in [0.1, 0.15) is 11.8 Å². The summed E-state index contributed by atoms with van der Waals surface area (Å²) in [6.45, 7) is 4.05. The molecule has 0 unspecified atom stereocenters. The largest absolute Gasteiger partial charge is 0.497 e. The van der Waals surface area contributed by atoms with E-state index in [1.165, 1.54) is 19.2 Å². The van der Waals surface area contributed by atoms with Gasteiger partial charge >= 0.3 is 0 Å². The fourth-order valence-electron chi connectivity index (χ4n) is 2.75. The Balaban J connectivity index is 1.93. The van der Waals surface area contributed by atoms with Crippen LogP contribution in [-0.2, 0) is 21.2 Å². The Bertz CT molecular complexity index is 897. The first-order chi connectivity index (χ1) is 13.7. The lowest BCUT2D eigenvalue weighted by Crippen LogP contribution is -2.49. The van der Waals surface area contributed by atoms with Crippen molar-refractivity contribution in [2.45, 2.75) is 37.6 Å². The highest BCUT2D eigenvalue weighted by Crippen LogP contribution is 2.17. The summed E-state index contributed by atoms with van der Waals surface area (Å²) < 4.78 is 32.9. The average molecular weight is 439 g/mol. The van der Waals surface area contributed by atoms with E-state index < -0.39 is 16.1 Å². The number of nitrogens with one attached hydrogen (secondary N) is 2. The highest BCUT2D eigenvalue weighted by atomic mass is 35.5. The molecule has 0 radical (unpaired) electrons. The summed E-state index contributed by atoms with van der Waals surface area (Å²) in [6, 6.07) is 12.7. The van der Waals surface area contributed by atoms with Crippen LogP contribution in [0.5, 0.6) is 5.75 Å². The van der Waals surface area contributed by atoms with Gasteiger partial charge < -0.3 is 10.1 Å². The lowest BCUT2D eigenvalue weighted by molar-refractivity contribution is -0.123. The molecule has 0 fully saturated rings. The first-order valence-corrected chi connectivity index (χ1v) is 11.3. The number of rotatable bonds is 10. The van der Waals surface area contributed by atoms with Crippen LogP contribution in [0.25, 0.3) is 0 Å². The van der Waals surface area contributed by atoms with Crippen molar-refractivity contribution in [1.82, 2.24) is 10.0 Å². The van der Waals surface area contributed by atoms with Gasteiger partial charge in [0.15, 0.2) is 0 Å². The average Bonchev–Trinajstić information content (AvgIpc) is 2.70. The maximum absolute atomic E-state index is 12.7. The van der Waals surface area contributed by atoms with Gasteiger partial charge in [0, 0.05) is 11.6 Å². The summed E-state index contributed by atoms with van der Waals surface area (Å²) in [5.74, 6) is 0.00951. The SMILES string of the molecule is COc1ccc(S(=O)(=O)N[C@H](C(=O)NCCCc2ccc(Cl)cc2)C(C)C)cc1. The molecule has 2 aromatic carbocycles. The highest BCUT2D eigenvalue weighted by molar-refractivity contribution is 7.89. The summed E-state index contributed by atoms with van der Waals surface area (Å²) >= 11 is 5.87. The molecule has 1 atom stereocenters. The van der Waals surface area contributed by atoms with E-state index in [1.807, 2.05) is 24.3 Å². The lowest BCUT2D eigenvalue weighted by atomic mass is 10.0. The van der Waals surface area contributed by atoms with Crippen molar-refractivity contribution in [3.63, 3.8) is 0 Å². The van der Waals surface area contributed by atoms with Crippen LogP contribution in [0, 0.1) is 5.92 Å². The highest BCUT2D eigenvalue weighted by Gasteiger charge is 2.28. The summed E-state index contributed by atoms with van der Waals surface area (Å²) in [7, 11) is -2.32. The quantitative estimate of drug-likeness (QED) is 0.557. The number of ether oxygens (including phenoxy) is 1. The van der Waals surface area contributed by atoms with E-state index in [0.29, 0.717) is 17.3 Å². The van der Waals surface area contributed by atoms with E-state index in [2.05, 4.69) is 10.0 Å². The standard InChI is InChI=1S/C21H27ClN2O4S/c1-15(2)20(24-29(26,27)19-12-10-18(28-3)11-13-19)21(25)23-14-4-5-16-6-8-17(22)9-7-16/h6-13,15,20,24H,4-5,14H2,1-3H3,(H,23,25)/t20-/m0/s1. The molecule has 2 rings (SSSR count). The van der Waals surface area contributed by atoms with Gasteiger partial charge in [-0.15, -0.1) is 0 Å². The zero-order valence-electron chi connectivity index (χ0n) is 16.8. The minimum atomic E-state index is -3.83. The number of carbonyl (C=O) groups is 1. The van der Waals surface area contributed by atoms with Crippen molar-refractivity contribution < 1.29 is 17.9 Å². The summed E-state index contributed by atoms with van der Waals surface area (Å²) in [5, 5.41) is 3.51. The number of hydrogen-bond donors (Lipinski definition) is 2. The van der Waals surface area contributed by atoms with Crippen molar-refractivity contribution in [3.05, 3.63) is 59.1 Å². The Kier molecular flexibility index (Phi) is 8.49. The van der Waals surface area contributed by atoms with Crippen molar-refractivity contribution in [2.24, 2.45) is 5.92 Å². The van der Waals surface area contributed by atoms with Crippen LogP contribution in [0.1, 0.15) is 25.8 Å². The Morgan fingerprint density at radius 3 is 2.24 bits per heavy atom. The molecule has 8 heteroatoms. The molecule has 0 spiro atoms. The first-order valence-electron chi connectivity index (χ1n) is 9.41. The smallest absolute Gasteiger partial charge is 0.241 e. The normalized spacial score (nSPS) is 12.6. The minimum Gasteiger partial charge on any atom is -0.497 e. The molecule has 158 valence electrons. The number of methoxy groups -OCH3 is 1. The number of aryl methyl sites for hydroxylation is 1. The third-order valence-corrected chi connectivity index (χ3v) is 6.16. The second kappa shape index (κ2) is 10.6. The van der Waals surface area contributed by atoms with E-state index in [-0.39, 0.29) is 16.7 Å². The van der Waals surface area contributed by atoms with Crippen molar-refractivity contribution >= 4 is 27.5 Å². The third kappa shape index (κ3) is 7.03. The maximum Gasteiger partial charge on any atom is 0.241 e. The van der Waals surface area contributed by atoms with Crippen LogP contribution in [0.15, 0.2) is 53.4 Å². The topological polar surface area (TPSA) is 84.5 Å². The molecule has 0 saturated carbocycles. The molecular weight excluding hydrogens is 412 g/mol. The van der Waals surface area contributed by atoms with Gasteiger partial charge in [-0.05, 0) is 60.7 Å². The molecule has 29 heavy (non-hydrogen) atoms. The van der Waals surface area contributed by atoms with Gasteiger partial charge in [0.2, 0.25) is 15.9 Å². The van der Waals surface area contributed by atoms with Gasteiger partial charge in [0.05, 0.1) is 12.0 Å². The Morgan fingerprint density at radius 1 is 1.07 bits per heavy atom. The van der Waals surface area contributed by atoms with Crippen LogP contribution < -0.4 is 14.8 Å². The molecule has 2 aromatic rings. The number of amides is 1. The lowest BCUT2D eigenvalue weighted by Gasteiger charge is -2.21. The predicted octanol–water partition coefficient (Wildman–Crippen LogP) is 3.40. The Hall–Kier alpha value is -2.09. The molecule has 6 nitrogen and oxygen atoms in total. The van der Waals surface area contributed by atoms with Gasteiger partial charge in [-0.2, -0.15) is 4.72 Å².